The summed E-state index contributed by atoms with van der Waals surface area (Å²) < 4.78 is 20.8. The molecule has 4 aromatic carbocycles. The lowest BCUT2D eigenvalue weighted by Gasteiger charge is -2.09. The zero-order valence-electron chi connectivity index (χ0n) is 23.4. The maximum absolute atomic E-state index is 12.5. The van der Waals surface area contributed by atoms with Crippen molar-refractivity contribution in [2.75, 3.05) is 26.4 Å². The summed E-state index contributed by atoms with van der Waals surface area (Å²) in [6.07, 6.45) is 1.80. The molecule has 0 aliphatic carbocycles. The number of ketones is 2. The molecule has 4 rings (SSSR count). The number of esters is 2. The van der Waals surface area contributed by atoms with Crippen LogP contribution in [0.3, 0.4) is 0 Å². The van der Waals surface area contributed by atoms with Gasteiger partial charge in [-0.25, -0.2) is 9.59 Å². The average Bonchev–Trinajstić information content (AvgIpc) is 3.04. The van der Waals surface area contributed by atoms with Crippen LogP contribution in [0.5, 0.6) is 23.0 Å². The summed E-state index contributed by atoms with van der Waals surface area (Å²) in [4.78, 5) is 48.7. The minimum atomic E-state index is -0.797. The zero-order chi connectivity index (χ0) is 31.3. The van der Waals surface area contributed by atoms with E-state index in [0.29, 0.717) is 11.1 Å². The van der Waals surface area contributed by atoms with E-state index >= 15 is 0 Å². The highest BCUT2D eigenvalue weighted by Gasteiger charge is 2.15. The van der Waals surface area contributed by atoms with E-state index in [9.17, 15) is 29.4 Å². The third kappa shape index (κ3) is 8.80. The third-order valence-electron chi connectivity index (χ3n) is 6.05. The molecule has 44 heavy (non-hydrogen) atoms. The molecule has 0 saturated carbocycles. The Bertz CT molecular complexity index is 1520. The van der Waals surface area contributed by atoms with Gasteiger partial charge in [-0.05, 0) is 24.3 Å². The van der Waals surface area contributed by atoms with Gasteiger partial charge in [-0.15, -0.1) is 0 Å². The first-order valence-electron chi connectivity index (χ1n) is 13.4. The van der Waals surface area contributed by atoms with Gasteiger partial charge < -0.3 is 29.2 Å². The van der Waals surface area contributed by atoms with Gasteiger partial charge >= 0.3 is 11.9 Å². The number of ether oxygens (including phenoxy) is 4. The molecule has 0 saturated heterocycles. The van der Waals surface area contributed by atoms with Crippen LogP contribution in [-0.2, 0) is 19.1 Å². The first-order valence-corrected chi connectivity index (χ1v) is 13.4. The molecule has 10 heteroatoms. The third-order valence-corrected chi connectivity index (χ3v) is 6.05. The number of hydrogen-bond acceptors (Lipinski definition) is 10. The van der Waals surface area contributed by atoms with Crippen LogP contribution in [0, 0.1) is 0 Å². The Kier molecular flexibility index (Phi) is 10.8. The first kappa shape index (κ1) is 31.0. The monoisotopic (exact) mass is 596 g/mol. The Labute approximate surface area is 252 Å². The summed E-state index contributed by atoms with van der Waals surface area (Å²) in [6, 6.07) is 25.6. The van der Waals surface area contributed by atoms with E-state index < -0.39 is 11.9 Å². The van der Waals surface area contributed by atoms with Crippen LogP contribution in [-0.4, -0.2) is 60.1 Å². The highest BCUT2D eigenvalue weighted by molar-refractivity contribution is 6.11. The highest BCUT2D eigenvalue weighted by atomic mass is 16.6. The zero-order valence-corrected chi connectivity index (χ0v) is 23.4. The standard InChI is InChI=1S/C34H28O10/c35-29-21-25(11-13-27(29)33(39)23-7-3-1-4-8-23)41-17-19-43-31(37)15-16-32(38)44-20-18-42-26-12-14-28(30(36)22-26)34(40)24-9-5-2-6-10-24/h1-16,21-22,35-36H,17-20H2. The number of hydrogen-bond donors (Lipinski definition) is 2. The van der Waals surface area contributed by atoms with Gasteiger partial charge in [-0.3, -0.25) is 9.59 Å². The van der Waals surface area contributed by atoms with Crippen LogP contribution in [0.15, 0.2) is 109 Å². The van der Waals surface area contributed by atoms with E-state index in [1.807, 2.05) is 0 Å². The van der Waals surface area contributed by atoms with Gasteiger partial charge in [0, 0.05) is 35.4 Å². The predicted molar refractivity (Wildman–Crippen MR) is 158 cm³/mol. The Balaban J connectivity index is 1.12. The van der Waals surface area contributed by atoms with E-state index in [-0.39, 0.29) is 72.1 Å². The molecule has 2 N–H and O–H groups in total. The lowest BCUT2D eigenvalue weighted by molar-refractivity contribution is -0.141. The second-order valence-electron chi connectivity index (χ2n) is 9.11. The molecular formula is C34H28O10. The molecule has 4 aromatic rings. The average molecular weight is 597 g/mol. The largest absolute Gasteiger partial charge is 0.507 e. The van der Waals surface area contributed by atoms with Gasteiger partial charge in [0.2, 0.25) is 0 Å². The normalized spacial score (nSPS) is 10.6. The molecule has 0 fully saturated rings. The van der Waals surface area contributed by atoms with E-state index in [1.165, 1.54) is 36.4 Å². The summed E-state index contributed by atoms with van der Waals surface area (Å²) in [5.41, 5.74) is 1.14. The molecule has 224 valence electrons. The van der Waals surface area contributed by atoms with Crippen LogP contribution in [0.25, 0.3) is 0 Å². The maximum Gasteiger partial charge on any atom is 0.331 e. The molecule has 0 aromatic heterocycles. The molecule has 0 spiro atoms. The van der Waals surface area contributed by atoms with Crippen LogP contribution in [0.2, 0.25) is 0 Å². The van der Waals surface area contributed by atoms with Crippen molar-refractivity contribution < 1.29 is 48.3 Å². The summed E-state index contributed by atoms with van der Waals surface area (Å²) in [5.74, 6) is -2.19. The summed E-state index contributed by atoms with van der Waals surface area (Å²) in [5, 5.41) is 20.5. The summed E-state index contributed by atoms with van der Waals surface area (Å²) in [6.45, 7) is -0.354. The van der Waals surface area contributed by atoms with Crippen molar-refractivity contribution >= 4 is 23.5 Å². The lowest BCUT2D eigenvalue weighted by atomic mass is 10.0. The number of phenols is 2. The minimum Gasteiger partial charge on any atom is -0.507 e. The molecule has 0 aliphatic heterocycles. The van der Waals surface area contributed by atoms with E-state index in [1.54, 1.807) is 60.7 Å². The van der Waals surface area contributed by atoms with Crippen LogP contribution in [0.1, 0.15) is 31.8 Å². The second kappa shape index (κ2) is 15.4. The minimum absolute atomic E-state index is 0.0380. The molecule has 0 atom stereocenters. The van der Waals surface area contributed by atoms with Gasteiger partial charge in [0.15, 0.2) is 11.6 Å². The van der Waals surface area contributed by atoms with Gasteiger partial charge in [0.25, 0.3) is 0 Å². The summed E-state index contributed by atoms with van der Waals surface area (Å²) >= 11 is 0. The van der Waals surface area contributed by atoms with Gasteiger partial charge in [-0.1, -0.05) is 60.7 Å². The molecule has 0 amide bonds. The molecule has 10 nitrogen and oxygen atoms in total. The fourth-order valence-corrected chi connectivity index (χ4v) is 3.91. The Morgan fingerprint density at radius 2 is 0.909 bits per heavy atom. The van der Waals surface area contributed by atoms with Crippen molar-refractivity contribution in [1.29, 1.82) is 0 Å². The molecular weight excluding hydrogens is 568 g/mol. The number of rotatable bonds is 14. The SMILES string of the molecule is O=C(C=CC(=O)OCCOc1ccc(C(=O)c2ccccc2)c(O)c1)OCCOc1ccc(C(=O)c2ccccc2)c(O)c1. The summed E-state index contributed by atoms with van der Waals surface area (Å²) in [7, 11) is 0. The van der Waals surface area contributed by atoms with Crippen molar-refractivity contribution in [3.05, 3.63) is 131 Å². The van der Waals surface area contributed by atoms with Gasteiger partial charge in [0.1, 0.15) is 49.4 Å². The Morgan fingerprint density at radius 3 is 1.27 bits per heavy atom. The van der Waals surface area contributed by atoms with Crippen molar-refractivity contribution in [2.24, 2.45) is 0 Å². The maximum atomic E-state index is 12.5. The van der Waals surface area contributed by atoms with Crippen molar-refractivity contribution in [2.45, 2.75) is 0 Å². The van der Waals surface area contributed by atoms with E-state index in [0.717, 1.165) is 12.2 Å². The number of carbonyl (C=O) groups excluding carboxylic acids is 4. The number of benzene rings is 4. The highest BCUT2D eigenvalue weighted by Crippen LogP contribution is 2.27. The molecule has 0 aliphatic rings. The van der Waals surface area contributed by atoms with Crippen molar-refractivity contribution in [3.63, 3.8) is 0 Å². The van der Waals surface area contributed by atoms with Crippen LogP contribution >= 0.6 is 0 Å². The Hall–Kier alpha value is -5.90. The number of phenolic OH excluding ortho intramolecular Hbond substituents is 2. The molecule has 0 radical (unpaired) electrons. The topological polar surface area (TPSA) is 146 Å². The smallest absolute Gasteiger partial charge is 0.331 e. The van der Waals surface area contributed by atoms with Gasteiger partial charge in [-0.2, -0.15) is 0 Å². The second-order valence-corrected chi connectivity index (χ2v) is 9.11. The van der Waals surface area contributed by atoms with Crippen molar-refractivity contribution in [1.82, 2.24) is 0 Å². The number of aromatic hydroxyl groups is 2. The fourth-order valence-electron chi connectivity index (χ4n) is 3.91. The molecule has 0 bridgehead atoms. The number of carbonyl (C=O) groups is 4. The van der Waals surface area contributed by atoms with Crippen LogP contribution in [0.4, 0.5) is 0 Å². The first-order chi connectivity index (χ1) is 21.3. The van der Waals surface area contributed by atoms with Crippen LogP contribution < -0.4 is 9.47 Å². The molecule has 0 heterocycles. The van der Waals surface area contributed by atoms with Crippen molar-refractivity contribution in [3.8, 4) is 23.0 Å². The van der Waals surface area contributed by atoms with E-state index in [4.69, 9.17) is 18.9 Å². The fraction of sp³-hybridized carbons (Fsp3) is 0.118. The quantitative estimate of drug-likeness (QED) is 0.0912. The van der Waals surface area contributed by atoms with E-state index in [2.05, 4.69) is 0 Å². The lowest BCUT2D eigenvalue weighted by Crippen LogP contribution is -2.12. The van der Waals surface area contributed by atoms with Gasteiger partial charge in [0.05, 0.1) is 11.1 Å². The predicted octanol–water partition coefficient (Wildman–Crippen LogP) is 4.66. The Morgan fingerprint density at radius 1 is 0.523 bits per heavy atom. The molecule has 0 unspecified atom stereocenters.